The smallest absolute Gasteiger partial charge is 0.348 e. The van der Waals surface area contributed by atoms with Crippen molar-refractivity contribution in [1.29, 1.82) is 0 Å². The summed E-state index contributed by atoms with van der Waals surface area (Å²) in [5.41, 5.74) is 5.84. The average molecular weight is 630 g/mol. The van der Waals surface area contributed by atoms with Gasteiger partial charge >= 0.3 is 11.6 Å². The molecule has 8 aromatic rings. The predicted octanol–water partition coefficient (Wildman–Crippen LogP) is 6.90. The summed E-state index contributed by atoms with van der Waals surface area (Å²) < 4.78 is 41.8. The second kappa shape index (κ2) is 11.0. The maximum Gasteiger partial charge on any atom is 0.348 e. The molecule has 0 aliphatic heterocycles. The molecule has 8 nitrogen and oxygen atoms in total. The van der Waals surface area contributed by atoms with Crippen molar-refractivity contribution in [3.05, 3.63) is 108 Å². The van der Waals surface area contributed by atoms with Gasteiger partial charge in [-0.1, -0.05) is 88.0 Å². The molecule has 0 amide bonds. The summed E-state index contributed by atoms with van der Waals surface area (Å²) in [6.07, 6.45) is 0. The number of aryl methyl sites for hydroxylation is 3. The van der Waals surface area contributed by atoms with Crippen molar-refractivity contribution in [3.8, 4) is 0 Å². The monoisotopic (exact) mass is 629 g/mol. The molecular weight excluding hydrogens is 598 g/mol. The Hall–Kier alpha value is -5.12. The third kappa shape index (κ3) is 4.79. The highest BCUT2D eigenvalue weighted by atomic mass is 32.2. The minimum atomic E-state index is -4.33. The molecule has 0 unspecified atom stereocenters. The number of hydrogen-bond acceptors (Lipinski definition) is 6. The maximum atomic E-state index is 12.6. The molecule has 8 rings (SSSR count). The van der Waals surface area contributed by atoms with Gasteiger partial charge in [-0.25, -0.2) is 17.8 Å². The normalized spacial score (nSPS) is 12.0. The van der Waals surface area contributed by atoms with Crippen LogP contribution in [0.25, 0.3) is 59.9 Å². The number of hydrogen-bond donors (Lipinski definition) is 0. The topological polar surface area (TPSA) is 105 Å². The zero-order valence-electron chi connectivity index (χ0n) is 25.9. The molecular formula is C37H31N3O5S. The summed E-state index contributed by atoms with van der Waals surface area (Å²) in [6, 6.07) is 30.8. The lowest BCUT2D eigenvalue weighted by Gasteiger charge is -2.14. The molecule has 2 aromatic heterocycles. The molecule has 6 aromatic carbocycles. The van der Waals surface area contributed by atoms with E-state index in [9.17, 15) is 17.8 Å². The predicted molar refractivity (Wildman–Crippen MR) is 179 cm³/mol. The van der Waals surface area contributed by atoms with Gasteiger partial charge in [-0.3, -0.25) is 0 Å². The maximum absolute atomic E-state index is 12.6. The molecule has 0 spiro atoms. The Morgan fingerprint density at radius 1 is 0.826 bits per heavy atom. The molecule has 0 fully saturated rings. The minimum Gasteiger partial charge on any atom is -0.744 e. The van der Waals surface area contributed by atoms with E-state index in [-0.39, 0.29) is 17.4 Å². The fraction of sp³-hybridized carbons (Fsp3) is 0.162. The molecule has 230 valence electrons. The lowest BCUT2D eigenvalue weighted by Crippen LogP contribution is -2.33. The number of fused-ring (bicyclic) bond motifs is 5. The second-order valence-corrected chi connectivity index (χ2v) is 12.9. The van der Waals surface area contributed by atoms with E-state index in [1.165, 1.54) is 16.2 Å². The van der Waals surface area contributed by atoms with Gasteiger partial charge in [0.05, 0.1) is 16.9 Å². The van der Waals surface area contributed by atoms with Crippen LogP contribution in [-0.4, -0.2) is 35.2 Å². The van der Waals surface area contributed by atoms with E-state index in [2.05, 4.69) is 72.8 Å². The van der Waals surface area contributed by atoms with E-state index in [0.717, 1.165) is 49.3 Å². The van der Waals surface area contributed by atoms with Crippen LogP contribution in [0.15, 0.2) is 95.9 Å². The van der Waals surface area contributed by atoms with Crippen molar-refractivity contribution in [2.24, 2.45) is 0 Å². The summed E-state index contributed by atoms with van der Waals surface area (Å²) in [6.45, 7) is 7.43. The second-order valence-electron chi connectivity index (χ2n) is 11.6. The fourth-order valence-corrected chi connectivity index (χ4v) is 7.80. The molecule has 0 radical (unpaired) electrons. The van der Waals surface area contributed by atoms with Crippen molar-refractivity contribution < 1.29 is 27.0 Å². The highest BCUT2D eigenvalue weighted by Gasteiger charge is 2.25. The number of benzene rings is 5. The van der Waals surface area contributed by atoms with E-state index >= 15 is 0 Å². The van der Waals surface area contributed by atoms with Crippen LogP contribution in [0.3, 0.4) is 0 Å². The molecule has 0 saturated carbocycles. The number of rotatable bonds is 4. The van der Waals surface area contributed by atoms with Crippen molar-refractivity contribution in [2.45, 2.75) is 39.1 Å². The van der Waals surface area contributed by atoms with Crippen molar-refractivity contribution in [2.75, 3.05) is 6.61 Å². The van der Waals surface area contributed by atoms with Gasteiger partial charge in [-0.15, -0.1) is 0 Å². The van der Waals surface area contributed by atoms with Crippen molar-refractivity contribution >= 4 is 76.0 Å². The first-order chi connectivity index (χ1) is 22.1. The first-order valence-corrected chi connectivity index (χ1v) is 16.5. The van der Waals surface area contributed by atoms with E-state index < -0.39 is 10.1 Å². The summed E-state index contributed by atoms with van der Waals surface area (Å²) in [7, 11) is -4.33. The third-order valence-corrected chi connectivity index (χ3v) is 9.64. The molecule has 0 bridgehead atoms. The van der Waals surface area contributed by atoms with Gasteiger partial charge in [0.15, 0.2) is 12.1 Å². The van der Waals surface area contributed by atoms with Crippen LogP contribution in [-0.2, 0) is 26.2 Å². The highest BCUT2D eigenvalue weighted by Crippen LogP contribution is 2.37. The van der Waals surface area contributed by atoms with E-state index in [1.807, 2.05) is 29.0 Å². The van der Waals surface area contributed by atoms with E-state index in [1.54, 1.807) is 26.0 Å². The first-order valence-electron chi connectivity index (χ1n) is 15.1. The lowest BCUT2D eigenvalue weighted by atomic mass is 10.1. The zero-order valence-corrected chi connectivity index (χ0v) is 26.7. The Morgan fingerprint density at radius 2 is 1.43 bits per heavy atom. The van der Waals surface area contributed by atoms with E-state index in [0.29, 0.717) is 17.7 Å². The molecule has 0 N–H and O–H groups in total. The van der Waals surface area contributed by atoms with Gasteiger partial charge in [0.1, 0.15) is 21.2 Å². The van der Waals surface area contributed by atoms with Gasteiger partial charge in [0.25, 0.3) is 0 Å². The van der Waals surface area contributed by atoms with Crippen LogP contribution >= 0.6 is 0 Å². The Balaban J connectivity index is 0.000000221. The number of carbonyl (C=O) groups excluding carboxylic acids is 1. The largest absolute Gasteiger partial charge is 0.744 e. The van der Waals surface area contributed by atoms with Crippen molar-refractivity contribution in [1.82, 2.24) is 9.67 Å². The summed E-state index contributed by atoms with van der Waals surface area (Å²) in [5.74, 6) is -0.258. The SMILES string of the molecule is CCOC(=O)Cn1c2cccc3cccc(c32)[n+]2nc3c(cc12)c1cccc2cccc3c21.Cc1cc(C)c(S(=O)(=O)[O-])c(C)c1. The van der Waals surface area contributed by atoms with Crippen LogP contribution in [0.5, 0.6) is 0 Å². The number of esters is 1. The Kier molecular flexibility index (Phi) is 7.10. The van der Waals surface area contributed by atoms with Crippen LogP contribution in [0, 0.1) is 20.8 Å². The quantitative estimate of drug-likeness (QED) is 0.0689. The molecule has 0 aliphatic carbocycles. The molecule has 46 heavy (non-hydrogen) atoms. The lowest BCUT2D eigenvalue weighted by molar-refractivity contribution is -0.553. The molecule has 0 atom stereocenters. The molecule has 9 heteroatoms. The van der Waals surface area contributed by atoms with Crippen LogP contribution in [0.2, 0.25) is 0 Å². The van der Waals surface area contributed by atoms with Crippen LogP contribution < -0.4 is 4.52 Å². The Bertz CT molecular complexity index is 2570. The van der Waals surface area contributed by atoms with Gasteiger partial charge in [0.2, 0.25) is 0 Å². The van der Waals surface area contributed by atoms with Crippen LogP contribution in [0.1, 0.15) is 23.6 Å². The van der Waals surface area contributed by atoms with Gasteiger partial charge < -0.3 is 9.29 Å². The van der Waals surface area contributed by atoms with Crippen LogP contribution in [0.4, 0.5) is 0 Å². The number of carbonyl (C=O) groups is 1. The Labute approximate surface area is 265 Å². The first kappa shape index (κ1) is 29.6. The summed E-state index contributed by atoms with van der Waals surface area (Å²) >= 11 is 0. The molecule has 0 aliphatic rings. The molecule has 0 saturated heterocycles. The standard InChI is InChI=1S/C28H20N3O2.C9H12O3S/c1-2-33-25(32)16-30-22-13-5-9-18-10-6-14-23(27(18)22)31-24(30)15-21-19-11-3-7-17-8-4-12-20(26(17)19)28(21)29-31;1-6-4-7(2)9(8(3)5-6)13(10,11)12/h3-15H,2,16H2,1H3;4-5H,1-3H3,(H,10,11,12)/q+1;/p-1. The third-order valence-electron chi connectivity index (χ3n) is 8.50. The number of aromatic nitrogens is 3. The zero-order chi connectivity index (χ0) is 32.3. The average Bonchev–Trinajstić information content (AvgIpc) is 3.32. The number of ether oxygens (including phenoxy) is 1. The highest BCUT2D eigenvalue weighted by molar-refractivity contribution is 7.85. The van der Waals surface area contributed by atoms with Crippen molar-refractivity contribution in [3.63, 3.8) is 0 Å². The Morgan fingerprint density at radius 3 is 2.09 bits per heavy atom. The summed E-state index contributed by atoms with van der Waals surface area (Å²) in [5, 5.41) is 13.3. The minimum absolute atomic E-state index is 0.0851. The van der Waals surface area contributed by atoms with Gasteiger partial charge in [-0.2, -0.15) is 0 Å². The summed E-state index contributed by atoms with van der Waals surface area (Å²) in [4.78, 5) is 12.5. The number of nitrogens with zero attached hydrogens (tertiary/aromatic N) is 3. The molecule has 2 heterocycles. The van der Waals surface area contributed by atoms with Gasteiger partial charge in [-0.05, 0) is 72.5 Å². The fourth-order valence-electron chi connectivity index (χ4n) is 6.89. The van der Waals surface area contributed by atoms with Gasteiger partial charge in [0, 0.05) is 16.8 Å². The van der Waals surface area contributed by atoms with E-state index in [4.69, 9.17) is 9.84 Å².